The van der Waals surface area contributed by atoms with E-state index in [1.54, 1.807) is 12.1 Å². The number of nitro groups is 1. The number of nitrogens with one attached hydrogen (secondary N) is 1. The summed E-state index contributed by atoms with van der Waals surface area (Å²) in [7, 11) is 1.97. The third-order valence-electron chi connectivity index (χ3n) is 3.48. The van der Waals surface area contributed by atoms with E-state index in [0.29, 0.717) is 5.92 Å². The van der Waals surface area contributed by atoms with Gasteiger partial charge in [-0.1, -0.05) is 17.7 Å². The maximum Gasteiger partial charge on any atom is 0.287 e. The Bertz CT molecular complexity index is 467. The van der Waals surface area contributed by atoms with Crippen molar-refractivity contribution in [3.05, 3.63) is 38.9 Å². The van der Waals surface area contributed by atoms with Crippen LogP contribution in [0, 0.1) is 16.0 Å². The molecule has 1 aliphatic rings. The van der Waals surface area contributed by atoms with Crippen LogP contribution in [0.1, 0.15) is 12.0 Å². The molecule has 0 spiro atoms. The first-order chi connectivity index (χ1) is 9.10. The van der Waals surface area contributed by atoms with Crippen molar-refractivity contribution >= 4 is 17.3 Å². The first kappa shape index (κ1) is 14.2. The number of likely N-dealkylation sites (tertiary alicyclic amines) is 1. The Labute approximate surface area is 117 Å². The number of rotatable bonds is 5. The lowest BCUT2D eigenvalue weighted by Crippen LogP contribution is -2.24. The van der Waals surface area contributed by atoms with Gasteiger partial charge in [-0.25, -0.2) is 0 Å². The molecule has 1 aromatic carbocycles. The van der Waals surface area contributed by atoms with Crippen LogP contribution < -0.4 is 5.32 Å². The molecular formula is C13H18ClN3O2. The first-order valence-corrected chi connectivity index (χ1v) is 6.77. The normalized spacial score (nSPS) is 19.8. The zero-order chi connectivity index (χ0) is 13.8. The van der Waals surface area contributed by atoms with Crippen molar-refractivity contribution in [3.8, 4) is 0 Å². The van der Waals surface area contributed by atoms with Gasteiger partial charge >= 0.3 is 0 Å². The van der Waals surface area contributed by atoms with Crippen LogP contribution in [-0.4, -0.2) is 36.5 Å². The zero-order valence-corrected chi connectivity index (χ0v) is 11.7. The van der Waals surface area contributed by atoms with Crippen LogP contribution in [0.2, 0.25) is 5.02 Å². The van der Waals surface area contributed by atoms with Gasteiger partial charge in [0.25, 0.3) is 5.69 Å². The van der Waals surface area contributed by atoms with Crippen molar-refractivity contribution < 1.29 is 4.92 Å². The molecule has 19 heavy (non-hydrogen) atoms. The minimum atomic E-state index is -0.453. The third-order valence-corrected chi connectivity index (χ3v) is 3.78. The smallest absolute Gasteiger partial charge is 0.287 e. The van der Waals surface area contributed by atoms with E-state index in [1.807, 2.05) is 7.05 Å². The van der Waals surface area contributed by atoms with Gasteiger partial charge in [0.05, 0.1) is 4.92 Å². The molecular weight excluding hydrogens is 266 g/mol. The lowest BCUT2D eigenvalue weighted by atomic mass is 10.1. The summed E-state index contributed by atoms with van der Waals surface area (Å²) in [5, 5.41) is 14.1. The fraction of sp³-hybridized carbons (Fsp3) is 0.538. The van der Waals surface area contributed by atoms with Crippen molar-refractivity contribution in [2.24, 2.45) is 5.92 Å². The molecule has 0 radical (unpaired) electrons. The molecule has 1 aliphatic heterocycles. The molecule has 0 aromatic heterocycles. The lowest BCUT2D eigenvalue weighted by molar-refractivity contribution is -0.384. The fourth-order valence-electron chi connectivity index (χ4n) is 2.57. The summed E-state index contributed by atoms with van der Waals surface area (Å²) in [5.41, 5.74) is 1.00. The van der Waals surface area contributed by atoms with Crippen molar-refractivity contribution in [1.29, 1.82) is 0 Å². The van der Waals surface area contributed by atoms with Gasteiger partial charge in [0.15, 0.2) is 0 Å². The number of benzene rings is 1. The summed E-state index contributed by atoms with van der Waals surface area (Å²) in [6.07, 6.45) is 1.20. The molecule has 0 bridgehead atoms. The van der Waals surface area contributed by atoms with E-state index in [1.165, 1.54) is 12.5 Å². The van der Waals surface area contributed by atoms with E-state index in [4.69, 9.17) is 11.6 Å². The molecule has 5 nitrogen and oxygen atoms in total. The number of nitrogens with zero attached hydrogens (tertiary/aromatic N) is 2. The number of hydrogen-bond donors (Lipinski definition) is 1. The molecule has 1 saturated heterocycles. The summed E-state index contributed by atoms with van der Waals surface area (Å²) in [6, 6.07) is 4.97. The summed E-state index contributed by atoms with van der Waals surface area (Å²) >= 11 is 5.92. The van der Waals surface area contributed by atoms with Crippen LogP contribution in [0.4, 0.5) is 5.69 Å². The fourth-order valence-corrected chi connectivity index (χ4v) is 2.84. The lowest BCUT2D eigenvalue weighted by Gasteiger charge is -2.16. The van der Waals surface area contributed by atoms with Crippen molar-refractivity contribution in [2.75, 3.05) is 26.7 Å². The first-order valence-electron chi connectivity index (χ1n) is 6.40. The van der Waals surface area contributed by atoms with E-state index >= 15 is 0 Å². The highest BCUT2D eigenvalue weighted by atomic mass is 35.5. The summed E-state index contributed by atoms with van der Waals surface area (Å²) < 4.78 is 0. The van der Waals surface area contributed by atoms with Crippen LogP contribution >= 0.6 is 11.6 Å². The molecule has 0 saturated carbocycles. The van der Waals surface area contributed by atoms with Crippen molar-refractivity contribution in [1.82, 2.24) is 10.2 Å². The molecule has 1 atom stereocenters. The molecule has 0 aliphatic carbocycles. The van der Waals surface area contributed by atoms with E-state index in [0.717, 1.165) is 31.7 Å². The SMILES string of the molecule is CNCC1CCN(Cc2ccc([N+](=O)[O-])c(Cl)c2)C1. The van der Waals surface area contributed by atoms with Gasteiger partial charge in [-0.05, 0) is 44.1 Å². The summed E-state index contributed by atoms with van der Waals surface area (Å²) in [5.74, 6) is 0.693. The van der Waals surface area contributed by atoms with Gasteiger partial charge in [0, 0.05) is 19.2 Å². The topological polar surface area (TPSA) is 58.4 Å². The molecule has 1 fully saturated rings. The van der Waals surface area contributed by atoms with E-state index in [-0.39, 0.29) is 10.7 Å². The van der Waals surface area contributed by atoms with Crippen molar-refractivity contribution in [2.45, 2.75) is 13.0 Å². The van der Waals surface area contributed by atoms with Crippen LogP contribution in [0.5, 0.6) is 0 Å². The minimum absolute atomic E-state index is 0.0279. The Balaban J connectivity index is 1.97. The number of hydrogen-bond acceptors (Lipinski definition) is 4. The van der Waals surface area contributed by atoms with E-state index in [2.05, 4.69) is 10.2 Å². The Kier molecular flexibility index (Phi) is 4.74. The molecule has 1 N–H and O–H groups in total. The molecule has 104 valence electrons. The average Bonchev–Trinajstić information content (AvgIpc) is 2.76. The highest BCUT2D eigenvalue weighted by molar-refractivity contribution is 6.32. The maximum absolute atomic E-state index is 10.7. The van der Waals surface area contributed by atoms with Crippen LogP contribution in [0.3, 0.4) is 0 Å². The number of halogens is 1. The summed E-state index contributed by atoms with van der Waals surface area (Å²) in [4.78, 5) is 12.6. The van der Waals surface area contributed by atoms with Crippen molar-refractivity contribution in [3.63, 3.8) is 0 Å². The Morgan fingerprint density at radius 1 is 1.58 bits per heavy atom. The molecule has 1 heterocycles. The third kappa shape index (κ3) is 3.65. The number of nitro benzene ring substituents is 1. The Hall–Kier alpha value is -1.17. The van der Waals surface area contributed by atoms with Gasteiger partial charge in [0.1, 0.15) is 5.02 Å². The largest absolute Gasteiger partial charge is 0.319 e. The molecule has 1 unspecified atom stereocenters. The minimum Gasteiger partial charge on any atom is -0.319 e. The quantitative estimate of drug-likeness (QED) is 0.665. The second kappa shape index (κ2) is 6.32. The van der Waals surface area contributed by atoms with Crippen LogP contribution in [0.15, 0.2) is 18.2 Å². The van der Waals surface area contributed by atoms with Gasteiger partial charge in [-0.3, -0.25) is 15.0 Å². The summed E-state index contributed by atoms with van der Waals surface area (Å²) in [6.45, 7) is 3.98. The second-order valence-corrected chi connectivity index (χ2v) is 5.40. The predicted molar refractivity (Wildman–Crippen MR) is 75.4 cm³/mol. The van der Waals surface area contributed by atoms with Crippen LogP contribution in [-0.2, 0) is 6.54 Å². The molecule has 2 rings (SSSR count). The predicted octanol–water partition coefficient (Wildman–Crippen LogP) is 2.29. The Morgan fingerprint density at radius 3 is 3.00 bits per heavy atom. The van der Waals surface area contributed by atoms with E-state index < -0.39 is 4.92 Å². The average molecular weight is 284 g/mol. The zero-order valence-electron chi connectivity index (χ0n) is 10.9. The Morgan fingerprint density at radius 2 is 2.37 bits per heavy atom. The van der Waals surface area contributed by atoms with E-state index in [9.17, 15) is 10.1 Å². The second-order valence-electron chi connectivity index (χ2n) is 4.99. The molecule has 6 heteroatoms. The van der Waals surface area contributed by atoms with Gasteiger partial charge < -0.3 is 5.32 Å². The molecule has 0 amide bonds. The van der Waals surface area contributed by atoms with Gasteiger partial charge in [-0.15, -0.1) is 0 Å². The standard InChI is InChI=1S/C13H18ClN3O2/c1-15-7-11-4-5-16(9-11)8-10-2-3-13(17(18)19)12(14)6-10/h2-3,6,11,15H,4-5,7-9H2,1H3. The van der Waals surface area contributed by atoms with Crippen LogP contribution in [0.25, 0.3) is 0 Å². The maximum atomic E-state index is 10.7. The monoisotopic (exact) mass is 283 g/mol. The van der Waals surface area contributed by atoms with Gasteiger partial charge in [0.2, 0.25) is 0 Å². The van der Waals surface area contributed by atoms with Gasteiger partial charge in [-0.2, -0.15) is 0 Å². The molecule has 1 aromatic rings. The highest BCUT2D eigenvalue weighted by Crippen LogP contribution is 2.26. The highest BCUT2D eigenvalue weighted by Gasteiger charge is 2.22.